The molecule has 0 unspecified atom stereocenters. The largest absolute Gasteiger partial charge is 0.468 e. The van der Waals surface area contributed by atoms with Gasteiger partial charge < -0.3 is 9.72 Å². The normalized spacial score (nSPS) is 17.3. The number of nitrogens with zero attached hydrogens (tertiary/aromatic N) is 2. The van der Waals surface area contributed by atoms with Crippen molar-refractivity contribution in [2.75, 3.05) is 20.2 Å². The Balaban J connectivity index is 1.52. The number of hydrogen-bond acceptors (Lipinski definition) is 4. The maximum absolute atomic E-state index is 12.4. The summed E-state index contributed by atoms with van der Waals surface area (Å²) in [6, 6.07) is 11.9. The van der Waals surface area contributed by atoms with E-state index in [1.54, 1.807) is 12.4 Å². The Labute approximate surface area is 153 Å². The topological polar surface area (TPSA) is 58.2 Å². The van der Waals surface area contributed by atoms with Crippen LogP contribution in [0.1, 0.15) is 35.9 Å². The first kappa shape index (κ1) is 16.8. The van der Waals surface area contributed by atoms with Gasteiger partial charge in [-0.1, -0.05) is 24.3 Å². The van der Waals surface area contributed by atoms with Crippen LogP contribution in [0.4, 0.5) is 0 Å². The number of nitrogens with one attached hydrogen (secondary N) is 1. The van der Waals surface area contributed by atoms with Gasteiger partial charge >= 0.3 is 5.97 Å². The summed E-state index contributed by atoms with van der Waals surface area (Å²) in [5, 5.41) is 1.31. The lowest BCUT2D eigenvalue weighted by molar-refractivity contribution is -0.147. The standard InChI is InChI=1S/C21H23N3O2/c1-26-21(25)20(16-5-4-10-22-13-16)24-11-8-15(9-12-24)18-14-23-19-7-3-2-6-17(18)19/h2-7,10,13-15,20,23H,8-9,11-12H2,1H3/t20-/m0/s1. The number of piperidine rings is 1. The molecule has 0 aliphatic carbocycles. The lowest BCUT2D eigenvalue weighted by atomic mass is 9.88. The summed E-state index contributed by atoms with van der Waals surface area (Å²) < 4.78 is 5.06. The van der Waals surface area contributed by atoms with Crippen molar-refractivity contribution < 1.29 is 9.53 Å². The van der Waals surface area contributed by atoms with Crippen LogP contribution < -0.4 is 0 Å². The molecule has 0 bridgehead atoms. The Hall–Kier alpha value is -2.66. The van der Waals surface area contributed by atoms with Crippen LogP contribution in [-0.2, 0) is 9.53 Å². The number of esters is 1. The van der Waals surface area contributed by atoms with Gasteiger partial charge in [-0.15, -0.1) is 0 Å². The molecule has 4 rings (SSSR count). The molecule has 0 saturated carbocycles. The van der Waals surface area contributed by atoms with Gasteiger partial charge in [0.15, 0.2) is 0 Å². The molecule has 5 heteroatoms. The maximum Gasteiger partial charge on any atom is 0.327 e. The minimum absolute atomic E-state index is 0.219. The van der Waals surface area contributed by atoms with Crippen LogP contribution in [0.3, 0.4) is 0 Å². The van der Waals surface area contributed by atoms with Crippen molar-refractivity contribution >= 4 is 16.9 Å². The number of hydrogen-bond donors (Lipinski definition) is 1. The van der Waals surface area contributed by atoms with Crippen LogP contribution in [0.15, 0.2) is 55.0 Å². The predicted molar refractivity (Wildman–Crippen MR) is 101 cm³/mol. The molecule has 5 nitrogen and oxygen atoms in total. The summed E-state index contributed by atoms with van der Waals surface area (Å²) in [6.45, 7) is 1.72. The first-order valence-corrected chi connectivity index (χ1v) is 9.05. The molecule has 1 saturated heterocycles. The lowest BCUT2D eigenvalue weighted by Crippen LogP contribution is -2.40. The minimum Gasteiger partial charge on any atom is -0.468 e. The highest BCUT2D eigenvalue weighted by Crippen LogP contribution is 2.35. The number of para-hydroxylation sites is 1. The fraction of sp³-hybridized carbons (Fsp3) is 0.333. The SMILES string of the molecule is COC(=O)[C@H](c1cccnc1)N1CCC(c2c[nH]c3ccccc23)CC1. The van der Waals surface area contributed by atoms with Crippen molar-refractivity contribution in [3.05, 3.63) is 66.1 Å². The van der Waals surface area contributed by atoms with E-state index in [0.717, 1.165) is 31.5 Å². The number of aromatic amines is 1. The van der Waals surface area contributed by atoms with Gasteiger partial charge in [-0.3, -0.25) is 9.88 Å². The molecule has 3 aromatic rings. The second-order valence-electron chi connectivity index (χ2n) is 6.81. The molecule has 2 aromatic heterocycles. The average Bonchev–Trinajstić information content (AvgIpc) is 3.13. The van der Waals surface area contributed by atoms with E-state index in [4.69, 9.17) is 4.74 Å². The van der Waals surface area contributed by atoms with Crippen LogP contribution in [0.5, 0.6) is 0 Å². The molecule has 1 aliphatic rings. The van der Waals surface area contributed by atoms with Crippen LogP contribution in [0.25, 0.3) is 10.9 Å². The number of rotatable bonds is 4. The van der Waals surface area contributed by atoms with Gasteiger partial charge in [0.05, 0.1) is 7.11 Å². The predicted octanol–water partition coefficient (Wildman–Crippen LogP) is 3.66. The fourth-order valence-corrected chi connectivity index (χ4v) is 4.05. The number of carbonyl (C=O) groups excluding carboxylic acids is 1. The number of benzene rings is 1. The Morgan fingerprint density at radius 3 is 2.77 bits per heavy atom. The van der Waals surface area contributed by atoms with Gasteiger partial charge in [-0.25, -0.2) is 4.79 Å². The number of H-pyrrole nitrogens is 1. The van der Waals surface area contributed by atoms with Gasteiger partial charge in [0.2, 0.25) is 0 Å². The molecule has 1 atom stereocenters. The Morgan fingerprint density at radius 1 is 1.23 bits per heavy atom. The summed E-state index contributed by atoms with van der Waals surface area (Å²) >= 11 is 0. The molecular formula is C21H23N3O2. The summed E-state index contributed by atoms with van der Waals surface area (Å²) in [5.41, 5.74) is 3.47. The molecule has 1 aromatic carbocycles. The van der Waals surface area contributed by atoms with E-state index in [1.807, 2.05) is 12.1 Å². The van der Waals surface area contributed by atoms with E-state index in [2.05, 4.69) is 45.3 Å². The van der Waals surface area contributed by atoms with Crippen LogP contribution in [0.2, 0.25) is 0 Å². The molecule has 1 fully saturated rings. The third-order valence-electron chi connectivity index (χ3n) is 5.38. The zero-order chi connectivity index (χ0) is 17.9. The average molecular weight is 349 g/mol. The van der Waals surface area contributed by atoms with Crippen LogP contribution >= 0.6 is 0 Å². The number of ether oxygens (including phenoxy) is 1. The number of carbonyl (C=O) groups is 1. The second kappa shape index (κ2) is 7.30. The molecule has 0 spiro atoms. The van der Waals surface area contributed by atoms with Crippen molar-refractivity contribution in [2.45, 2.75) is 24.8 Å². The first-order chi connectivity index (χ1) is 12.8. The summed E-state index contributed by atoms with van der Waals surface area (Å²) in [4.78, 5) is 22.2. The molecule has 134 valence electrons. The molecule has 0 amide bonds. The number of pyridine rings is 1. The van der Waals surface area contributed by atoms with Crippen molar-refractivity contribution in [2.24, 2.45) is 0 Å². The van der Waals surface area contributed by atoms with E-state index in [9.17, 15) is 4.79 Å². The van der Waals surface area contributed by atoms with Gasteiger partial charge in [-0.05, 0) is 55.1 Å². The van der Waals surface area contributed by atoms with Crippen molar-refractivity contribution in [1.29, 1.82) is 0 Å². The number of likely N-dealkylation sites (tertiary alicyclic amines) is 1. The van der Waals surface area contributed by atoms with Crippen LogP contribution in [-0.4, -0.2) is 41.0 Å². The quantitative estimate of drug-likeness (QED) is 0.731. The van der Waals surface area contributed by atoms with Gasteiger partial charge in [0.1, 0.15) is 6.04 Å². The second-order valence-corrected chi connectivity index (χ2v) is 6.81. The van der Waals surface area contributed by atoms with Crippen molar-refractivity contribution in [3.8, 4) is 0 Å². The highest BCUT2D eigenvalue weighted by Gasteiger charge is 2.32. The van der Waals surface area contributed by atoms with E-state index < -0.39 is 0 Å². The third kappa shape index (κ3) is 3.10. The first-order valence-electron chi connectivity index (χ1n) is 9.05. The minimum atomic E-state index is -0.377. The monoisotopic (exact) mass is 349 g/mol. The van der Waals surface area contributed by atoms with E-state index in [-0.39, 0.29) is 12.0 Å². The van der Waals surface area contributed by atoms with Crippen molar-refractivity contribution in [3.63, 3.8) is 0 Å². The Bertz CT molecular complexity index is 882. The summed E-state index contributed by atoms with van der Waals surface area (Å²) in [5.74, 6) is 0.290. The third-order valence-corrected chi connectivity index (χ3v) is 5.38. The van der Waals surface area contributed by atoms with Crippen LogP contribution in [0, 0.1) is 0 Å². The van der Waals surface area contributed by atoms with E-state index in [1.165, 1.54) is 23.6 Å². The highest BCUT2D eigenvalue weighted by atomic mass is 16.5. The number of methoxy groups -OCH3 is 1. The molecule has 1 N–H and O–H groups in total. The fourth-order valence-electron chi connectivity index (χ4n) is 4.05. The highest BCUT2D eigenvalue weighted by molar-refractivity contribution is 5.83. The molecule has 26 heavy (non-hydrogen) atoms. The zero-order valence-corrected chi connectivity index (χ0v) is 14.9. The number of aromatic nitrogens is 2. The smallest absolute Gasteiger partial charge is 0.327 e. The lowest BCUT2D eigenvalue weighted by Gasteiger charge is -2.36. The van der Waals surface area contributed by atoms with Crippen molar-refractivity contribution in [1.82, 2.24) is 14.9 Å². The van der Waals surface area contributed by atoms with Gasteiger partial charge in [0, 0.05) is 29.5 Å². The molecule has 0 radical (unpaired) electrons. The van der Waals surface area contributed by atoms with Gasteiger partial charge in [0.25, 0.3) is 0 Å². The van der Waals surface area contributed by atoms with E-state index >= 15 is 0 Å². The summed E-state index contributed by atoms with van der Waals surface area (Å²) in [7, 11) is 1.45. The molecular weight excluding hydrogens is 326 g/mol. The zero-order valence-electron chi connectivity index (χ0n) is 14.9. The summed E-state index contributed by atoms with van der Waals surface area (Å²) in [6.07, 6.45) is 7.67. The van der Waals surface area contributed by atoms with E-state index in [0.29, 0.717) is 5.92 Å². The van der Waals surface area contributed by atoms with Gasteiger partial charge in [-0.2, -0.15) is 0 Å². The maximum atomic E-state index is 12.4. The number of fused-ring (bicyclic) bond motifs is 1. The Morgan fingerprint density at radius 2 is 2.04 bits per heavy atom. The molecule has 3 heterocycles. The molecule has 1 aliphatic heterocycles. The Kier molecular flexibility index (Phi) is 4.71.